The Hall–Kier alpha value is -1.30. The van der Waals surface area contributed by atoms with Crippen molar-refractivity contribution >= 4 is 12.1 Å². The van der Waals surface area contributed by atoms with Crippen molar-refractivity contribution in [2.75, 3.05) is 6.61 Å². The van der Waals surface area contributed by atoms with E-state index in [0.29, 0.717) is 6.61 Å². The number of carboxylic acid groups (broad SMARTS) is 1. The lowest BCUT2D eigenvalue weighted by Crippen LogP contribution is -2.46. The van der Waals surface area contributed by atoms with Crippen LogP contribution in [0.5, 0.6) is 0 Å². The normalized spacial score (nSPS) is 21.4. The summed E-state index contributed by atoms with van der Waals surface area (Å²) in [6, 6.07) is -0.542. The van der Waals surface area contributed by atoms with E-state index in [9.17, 15) is 9.59 Å². The molecule has 2 N–H and O–H groups in total. The third kappa shape index (κ3) is 5.35. The number of carbonyl (C=O) groups is 2. The zero-order valence-corrected chi connectivity index (χ0v) is 11.1. The molecule has 0 unspecified atom stereocenters. The number of alkyl carbamates (subject to hydrolysis) is 1. The summed E-state index contributed by atoms with van der Waals surface area (Å²) < 4.78 is 10.5. The Bertz CT molecular complexity index is 304. The average molecular weight is 259 g/mol. The van der Waals surface area contributed by atoms with E-state index in [-0.39, 0.29) is 12.5 Å². The fourth-order valence-corrected chi connectivity index (χ4v) is 1.84. The van der Waals surface area contributed by atoms with Gasteiger partial charge in [0.1, 0.15) is 5.60 Å². The minimum atomic E-state index is -0.966. The lowest BCUT2D eigenvalue weighted by molar-refractivity contribution is -0.138. The molecule has 1 aliphatic rings. The molecular formula is C12H21NO5. The van der Waals surface area contributed by atoms with Gasteiger partial charge >= 0.3 is 12.1 Å². The minimum Gasteiger partial charge on any atom is -0.481 e. The van der Waals surface area contributed by atoms with E-state index >= 15 is 0 Å². The average Bonchev–Trinajstić information content (AvgIpc) is 2.64. The van der Waals surface area contributed by atoms with Crippen molar-refractivity contribution in [3.05, 3.63) is 0 Å². The van der Waals surface area contributed by atoms with Crippen LogP contribution in [0.25, 0.3) is 0 Å². The molecule has 104 valence electrons. The van der Waals surface area contributed by atoms with Gasteiger partial charge < -0.3 is 19.9 Å². The predicted octanol–water partition coefficient (Wildman–Crippen LogP) is 1.53. The van der Waals surface area contributed by atoms with Crippen LogP contribution in [0.2, 0.25) is 0 Å². The first kappa shape index (κ1) is 14.8. The van der Waals surface area contributed by atoms with Crippen LogP contribution in [-0.2, 0) is 14.3 Å². The number of aliphatic carboxylic acids is 1. The van der Waals surface area contributed by atoms with E-state index < -0.39 is 23.7 Å². The summed E-state index contributed by atoms with van der Waals surface area (Å²) in [6.07, 6.45) is 0.631. The van der Waals surface area contributed by atoms with Crippen molar-refractivity contribution in [1.82, 2.24) is 5.32 Å². The van der Waals surface area contributed by atoms with E-state index in [0.717, 1.165) is 12.8 Å². The molecule has 6 heteroatoms. The van der Waals surface area contributed by atoms with Crippen LogP contribution in [0.4, 0.5) is 4.79 Å². The molecule has 1 heterocycles. The van der Waals surface area contributed by atoms with Crippen LogP contribution < -0.4 is 5.32 Å². The van der Waals surface area contributed by atoms with Gasteiger partial charge in [-0.3, -0.25) is 4.79 Å². The van der Waals surface area contributed by atoms with Crippen LogP contribution >= 0.6 is 0 Å². The summed E-state index contributed by atoms with van der Waals surface area (Å²) in [5, 5.41) is 11.4. The molecule has 0 spiro atoms. The molecule has 0 saturated carbocycles. The van der Waals surface area contributed by atoms with Gasteiger partial charge in [-0.1, -0.05) is 0 Å². The van der Waals surface area contributed by atoms with Crippen molar-refractivity contribution in [3.8, 4) is 0 Å². The first-order valence-electron chi connectivity index (χ1n) is 6.11. The van der Waals surface area contributed by atoms with E-state index in [2.05, 4.69) is 5.32 Å². The lowest BCUT2D eigenvalue weighted by Gasteiger charge is -2.25. The molecule has 0 radical (unpaired) electrons. The quantitative estimate of drug-likeness (QED) is 0.799. The fourth-order valence-electron chi connectivity index (χ4n) is 1.84. The van der Waals surface area contributed by atoms with Gasteiger partial charge in [-0.25, -0.2) is 4.79 Å². The van der Waals surface area contributed by atoms with Gasteiger partial charge in [0.05, 0.1) is 18.6 Å². The Morgan fingerprint density at radius 2 is 2.17 bits per heavy atom. The Morgan fingerprint density at radius 1 is 1.50 bits per heavy atom. The van der Waals surface area contributed by atoms with Gasteiger partial charge in [-0.15, -0.1) is 0 Å². The number of hydrogen-bond donors (Lipinski definition) is 2. The maximum absolute atomic E-state index is 11.6. The van der Waals surface area contributed by atoms with Crippen molar-refractivity contribution in [1.29, 1.82) is 0 Å². The summed E-state index contributed by atoms with van der Waals surface area (Å²) in [6.45, 7) is 5.87. The number of carbonyl (C=O) groups excluding carboxylic acids is 1. The maximum atomic E-state index is 11.6. The van der Waals surface area contributed by atoms with E-state index in [4.69, 9.17) is 14.6 Å². The van der Waals surface area contributed by atoms with Crippen molar-refractivity contribution in [2.45, 2.75) is 57.8 Å². The summed E-state index contributed by atoms with van der Waals surface area (Å²) >= 11 is 0. The zero-order valence-electron chi connectivity index (χ0n) is 11.1. The molecule has 0 aliphatic carbocycles. The smallest absolute Gasteiger partial charge is 0.407 e. The molecule has 2 atom stereocenters. The number of nitrogens with one attached hydrogen (secondary N) is 1. The van der Waals surface area contributed by atoms with Crippen molar-refractivity contribution in [3.63, 3.8) is 0 Å². The molecular weight excluding hydrogens is 238 g/mol. The van der Waals surface area contributed by atoms with Gasteiger partial charge in [-0.2, -0.15) is 0 Å². The molecule has 1 fully saturated rings. The van der Waals surface area contributed by atoms with Crippen molar-refractivity contribution in [2.24, 2.45) is 0 Å². The highest BCUT2D eigenvalue weighted by Crippen LogP contribution is 2.18. The highest BCUT2D eigenvalue weighted by molar-refractivity contribution is 5.71. The molecule has 6 nitrogen and oxygen atoms in total. The van der Waals surface area contributed by atoms with Crippen LogP contribution in [0.1, 0.15) is 40.0 Å². The Kier molecular flexibility index (Phi) is 4.95. The largest absolute Gasteiger partial charge is 0.481 e. The van der Waals surface area contributed by atoms with Gasteiger partial charge in [-0.05, 0) is 33.6 Å². The van der Waals surface area contributed by atoms with E-state index in [1.807, 2.05) is 0 Å². The van der Waals surface area contributed by atoms with Crippen LogP contribution in [0, 0.1) is 0 Å². The Balaban J connectivity index is 2.54. The summed E-state index contributed by atoms with van der Waals surface area (Å²) in [7, 11) is 0. The van der Waals surface area contributed by atoms with E-state index in [1.54, 1.807) is 20.8 Å². The highest BCUT2D eigenvalue weighted by atomic mass is 16.6. The second kappa shape index (κ2) is 6.04. The molecule has 18 heavy (non-hydrogen) atoms. The number of amides is 1. The van der Waals surface area contributed by atoms with Gasteiger partial charge in [0.2, 0.25) is 0 Å². The third-order valence-corrected chi connectivity index (χ3v) is 2.51. The van der Waals surface area contributed by atoms with Crippen molar-refractivity contribution < 1.29 is 24.2 Å². The molecule has 1 aliphatic heterocycles. The van der Waals surface area contributed by atoms with Crippen LogP contribution in [0.15, 0.2) is 0 Å². The number of hydrogen-bond acceptors (Lipinski definition) is 4. The Labute approximate surface area is 107 Å². The predicted molar refractivity (Wildman–Crippen MR) is 64.4 cm³/mol. The van der Waals surface area contributed by atoms with Gasteiger partial charge in [0.25, 0.3) is 0 Å². The second-order valence-corrected chi connectivity index (χ2v) is 5.40. The number of carboxylic acids is 1. The highest BCUT2D eigenvalue weighted by Gasteiger charge is 2.30. The zero-order chi connectivity index (χ0) is 13.8. The molecule has 0 aromatic heterocycles. The van der Waals surface area contributed by atoms with Crippen LogP contribution in [0.3, 0.4) is 0 Å². The van der Waals surface area contributed by atoms with Gasteiger partial charge in [0, 0.05) is 6.61 Å². The standard InChI is InChI=1S/C12H21NO5/c1-12(2,3)18-11(16)13-8(7-10(14)15)9-5-4-6-17-9/h8-9H,4-7H2,1-3H3,(H,13,16)(H,14,15)/t8-,9+/m1/s1. The Morgan fingerprint density at radius 3 is 2.61 bits per heavy atom. The van der Waals surface area contributed by atoms with Crippen LogP contribution in [-0.4, -0.2) is 41.5 Å². The molecule has 1 amide bonds. The lowest BCUT2D eigenvalue weighted by atomic mass is 10.1. The number of rotatable bonds is 4. The molecule has 1 rings (SSSR count). The third-order valence-electron chi connectivity index (χ3n) is 2.51. The fraction of sp³-hybridized carbons (Fsp3) is 0.833. The summed E-state index contributed by atoms with van der Waals surface area (Å²) in [5.41, 5.74) is -0.603. The summed E-state index contributed by atoms with van der Waals surface area (Å²) in [4.78, 5) is 22.4. The maximum Gasteiger partial charge on any atom is 0.407 e. The minimum absolute atomic E-state index is 0.163. The molecule has 0 aromatic rings. The first-order valence-corrected chi connectivity index (χ1v) is 6.11. The van der Waals surface area contributed by atoms with E-state index in [1.165, 1.54) is 0 Å². The number of ether oxygens (including phenoxy) is 2. The molecule has 1 saturated heterocycles. The SMILES string of the molecule is CC(C)(C)OC(=O)N[C@H](CC(=O)O)[C@@H]1CCCO1. The second-order valence-electron chi connectivity index (χ2n) is 5.40. The summed E-state index contributed by atoms with van der Waals surface area (Å²) in [5.74, 6) is -0.966. The topological polar surface area (TPSA) is 84.9 Å². The molecule has 0 aromatic carbocycles. The first-order chi connectivity index (χ1) is 8.28. The monoisotopic (exact) mass is 259 g/mol. The molecule has 0 bridgehead atoms. The van der Waals surface area contributed by atoms with Gasteiger partial charge in [0.15, 0.2) is 0 Å².